The van der Waals surface area contributed by atoms with E-state index in [4.69, 9.17) is 40.2 Å². The Labute approximate surface area is 173 Å². The van der Waals surface area contributed by atoms with Crippen molar-refractivity contribution in [2.45, 2.75) is 32.9 Å². The molecule has 0 fully saturated rings. The Bertz CT molecular complexity index is 970. The van der Waals surface area contributed by atoms with Crippen LogP contribution in [0, 0.1) is 4.77 Å². The summed E-state index contributed by atoms with van der Waals surface area (Å²) in [6.07, 6.45) is 1.85. The summed E-state index contributed by atoms with van der Waals surface area (Å²) in [5.41, 5.74) is 5.26. The molecule has 0 saturated heterocycles. The number of ether oxygens (including phenoxy) is 1. The Kier molecular flexibility index (Phi) is 6.77. The lowest BCUT2D eigenvalue weighted by Gasteiger charge is -2.12. The molecule has 0 atom stereocenters. The predicted octanol–water partition coefficient (Wildman–Crippen LogP) is 5.52. The number of H-pyrrole nitrogens is 1. The van der Waals surface area contributed by atoms with Gasteiger partial charge in [0.15, 0.2) is 5.82 Å². The SMILES string of the molecule is CCCc1n[nH]c(=S)n1NCc1cccc(OCc2ccc(Cl)cc2Cl)c1. The first-order valence-electron chi connectivity index (χ1n) is 8.62. The van der Waals surface area contributed by atoms with Crippen molar-refractivity contribution in [1.82, 2.24) is 14.9 Å². The van der Waals surface area contributed by atoms with Gasteiger partial charge in [0.05, 0.1) is 6.54 Å². The molecule has 2 aromatic carbocycles. The van der Waals surface area contributed by atoms with Gasteiger partial charge in [0.25, 0.3) is 0 Å². The van der Waals surface area contributed by atoms with Crippen molar-refractivity contribution in [3.8, 4) is 5.75 Å². The maximum Gasteiger partial charge on any atom is 0.214 e. The second kappa shape index (κ2) is 9.26. The highest BCUT2D eigenvalue weighted by Gasteiger charge is 2.06. The maximum absolute atomic E-state index is 6.19. The molecule has 0 amide bonds. The summed E-state index contributed by atoms with van der Waals surface area (Å²) in [6, 6.07) is 13.3. The number of nitrogens with zero attached hydrogens (tertiary/aromatic N) is 2. The van der Waals surface area contributed by atoms with Crippen molar-refractivity contribution in [1.29, 1.82) is 0 Å². The number of nitrogens with one attached hydrogen (secondary N) is 2. The van der Waals surface area contributed by atoms with Gasteiger partial charge in [-0.15, -0.1) is 0 Å². The lowest BCUT2D eigenvalue weighted by Crippen LogP contribution is -2.17. The first kappa shape index (κ1) is 19.7. The largest absolute Gasteiger partial charge is 0.489 e. The van der Waals surface area contributed by atoms with Crippen molar-refractivity contribution >= 4 is 35.4 Å². The van der Waals surface area contributed by atoms with Crippen molar-refractivity contribution in [3.63, 3.8) is 0 Å². The van der Waals surface area contributed by atoms with Crippen LogP contribution in [-0.4, -0.2) is 14.9 Å². The fourth-order valence-electron chi connectivity index (χ4n) is 2.60. The van der Waals surface area contributed by atoms with E-state index >= 15 is 0 Å². The maximum atomic E-state index is 6.19. The van der Waals surface area contributed by atoms with Crippen LogP contribution in [0.5, 0.6) is 5.75 Å². The summed E-state index contributed by atoms with van der Waals surface area (Å²) < 4.78 is 8.25. The Hall–Kier alpha value is -2.02. The Morgan fingerprint density at radius 2 is 2.07 bits per heavy atom. The zero-order chi connectivity index (χ0) is 19.2. The van der Waals surface area contributed by atoms with Crippen molar-refractivity contribution in [2.75, 3.05) is 5.43 Å². The van der Waals surface area contributed by atoms with E-state index in [0.29, 0.717) is 28.0 Å². The van der Waals surface area contributed by atoms with E-state index in [-0.39, 0.29) is 0 Å². The van der Waals surface area contributed by atoms with Gasteiger partial charge in [-0.2, -0.15) is 5.10 Å². The van der Waals surface area contributed by atoms with Gasteiger partial charge in [-0.05, 0) is 48.5 Å². The molecule has 3 rings (SSSR count). The fraction of sp³-hybridized carbons (Fsp3) is 0.263. The van der Waals surface area contributed by atoms with Gasteiger partial charge in [0, 0.05) is 22.0 Å². The van der Waals surface area contributed by atoms with Gasteiger partial charge in [0.2, 0.25) is 4.77 Å². The lowest BCUT2D eigenvalue weighted by molar-refractivity contribution is 0.306. The summed E-state index contributed by atoms with van der Waals surface area (Å²) in [4.78, 5) is 0. The molecule has 8 heteroatoms. The Balaban J connectivity index is 1.64. The zero-order valence-electron chi connectivity index (χ0n) is 14.8. The molecule has 0 radical (unpaired) electrons. The smallest absolute Gasteiger partial charge is 0.214 e. The third-order valence-corrected chi connectivity index (χ3v) is 4.83. The van der Waals surface area contributed by atoms with Crippen LogP contribution in [0.3, 0.4) is 0 Å². The number of aryl methyl sites for hydroxylation is 1. The molecule has 1 aromatic heterocycles. The van der Waals surface area contributed by atoms with E-state index in [0.717, 1.165) is 35.5 Å². The molecule has 0 aliphatic rings. The summed E-state index contributed by atoms with van der Waals surface area (Å²) in [6.45, 7) is 3.08. The highest BCUT2D eigenvalue weighted by atomic mass is 35.5. The van der Waals surface area contributed by atoms with Crippen LogP contribution in [0.4, 0.5) is 0 Å². The molecule has 5 nitrogen and oxygen atoms in total. The van der Waals surface area contributed by atoms with Gasteiger partial charge < -0.3 is 10.2 Å². The minimum absolute atomic E-state index is 0.375. The van der Waals surface area contributed by atoms with Gasteiger partial charge in [-0.3, -0.25) is 5.10 Å². The van der Waals surface area contributed by atoms with Gasteiger partial charge in [0.1, 0.15) is 12.4 Å². The third-order valence-electron chi connectivity index (χ3n) is 3.96. The number of benzene rings is 2. The van der Waals surface area contributed by atoms with Crippen molar-refractivity contribution < 1.29 is 4.74 Å². The van der Waals surface area contributed by atoms with Crippen LogP contribution >= 0.6 is 35.4 Å². The van der Waals surface area contributed by atoms with Crippen LogP contribution in [0.2, 0.25) is 10.0 Å². The molecule has 2 N–H and O–H groups in total. The van der Waals surface area contributed by atoms with Crippen LogP contribution < -0.4 is 10.2 Å². The van der Waals surface area contributed by atoms with E-state index < -0.39 is 0 Å². The fourth-order valence-corrected chi connectivity index (χ4v) is 3.28. The van der Waals surface area contributed by atoms with E-state index in [9.17, 15) is 0 Å². The summed E-state index contributed by atoms with van der Waals surface area (Å²) >= 11 is 17.4. The highest BCUT2D eigenvalue weighted by Crippen LogP contribution is 2.23. The molecule has 3 aromatic rings. The predicted molar refractivity (Wildman–Crippen MR) is 112 cm³/mol. The number of hydrogen-bond acceptors (Lipinski definition) is 4. The summed E-state index contributed by atoms with van der Waals surface area (Å²) in [5, 5.41) is 8.28. The van der Waals surface area contributed by atoms with Gasteiger partial charge in [-0.25, -0.2) is 4.68 Å². The first-order chi connectivity index (χ1) is 13.1. The Morgan fingerprint density at radius 3 is 2.85 bits per heavy atom. The average molecular weight is 423 g/mol. The minimum Gasteiger partial charge on any atom is -0.489 e. The standard InChI is InChI=1S/C19H20Cl2N4OS/c1-2-4-18-23-24-19(27)25(18)22-11-13-5-3-6-16(9-13)26-12-14-7-8-15(20)10-17(14)21/h3,5-10,22H,2,4,11-12H2,1H3,(H,24,27). The molecule has 27 heavy (non-hydrogen) atoms. The average Bonchev–Trinajstić information content (AvgIpc) is 3.00. The minimum atomic E-state index is 0.375. The van der Waals surface area contributed by atoms with E-state index in [1.807, 2.05) is 35.0 Å². The first-order valence-corrected chi connectivity index (χ1v) is 9.79. The Morgan fingerprint density at radius 1 is 1.22 bits per heavy atom. The summed E-state index contributed by atoms with van der Waals surface area (Å²) in [5.74, 6) is 1.66. The van der Waals surface area contributed by atoms with Gasteiger partial charge in [-0.1, -0.05) is 48.3 Å². The normalized spacial score (nSPS) is 10.8. The lowest BCUT2D eigenvalue weighted by atomic mass is 10.2. The van der Waals surface area contributed by atoms with Crippen LogP contribution in [0.25, 0.3) is 0 Å². The topological polar surface area (TPSA) is 54.9 Å². The molecule has 0 aliphatic carbocycles. The molecule has 142 valence electrons. The monoisotopic (exact) mass is 422 g/mol. The van der Waals surface area contributed by atoms with E-state index in [1.54, 1.807) is 12.1 Å². The molecule has 0 spiro atoms. The molecular weight excluding hydrogens is 403 g/mol. The third kappa shape index (κ3) is 5.25. The van der Waals surface area contributed by atoms with Crippen molar-refractivity contribution in [3.05, 3.63) is 74.2 Å². The number of aromatic nitrogens is 3. The summed E-state index contributed by atoms with van der Waals surface area (Å²) in [7, 11) is 0. The second-order valence-electron chi connectivity index (χ2n) is 6.04. The number of halogens is 2. The highest BCUT2D eigenvalue weighted by molar-refractivity contribution is 7.71. The van der Waals surface area contributed by atoms with Crippen molar-refractivity contribution in [2.24, 2.45) is 0 Å². The number of aromatic amines is 1. The quantitative estimate of drug-likeness (QED) is 0.469. The molecule has 0 aliphatic heterocycles. The van der Waals surface area contributed by atoms with Crippen LogP contribution in [-0.2, 0) is 19.6 Å². The number of hydrogen-bond donors (Lipinski definition) is 2. The molecule has 1 heterocycles. The molecule has 0 unspecified atom stereocenters. The second-order valence-corrected chi connectivity index (χ2v) is 7.27. The zero-order valence-corrected chi connectivity index (χ0v) is 17.2. The van der Waals surface area contributed by atoms with Crippen LogP contribution in [0.15, 0.2) is 42.5 Å². The molecule has 0 saturated carbocycles. The van der Waals surface area contributed by atoms with E-state index in [2.05, 4.69) is 22.5 Å². The molecule has 0 bridgehead atoms. The molecular formula is C19H20Cl2N4OS. The van der Waals surface area contributed by atoms with Crippen LogP contribution in [0.1, 0.15) is 30.3 Å². The van der Waals surface area contributed by atoms with Gasteiger partial charge >= 0.3 is 0 Å². The number of rotatable bonds is 8. The van der Waals surface area contributed by atoms with E-state index in [1.165, 1.54) is 0 Å².